The van der Waals surface area contributed by atoms with Crippen molar-refractivity contribution < 1.29 is 23.8 Å². The van der Waals surface area contributed by atoms with E-state index in [2.05, 4.69) is 26.6 Å². The highest BCUT2D eigenvalue weighted by atomic mass is 79.9. The number of aliphatic carboxylic acids is 1. The molecule has 0 spiro atoms. The Bertz CT molecular complexity index is 582. The number of rotatable bonds is 3. The van der Waals surface area contributed by atoms with Gasteiger partial charge in [-0.15, -0.1) is 0 Å². The number of halogens is 2. The van der Waals surface area contributed by atoms with Crippen LogP contribution in [0.2, 0.25) is 0 Å². The standard InChI is InChI=1S/C13H14BrFN2O4/c1-6-2-8(14)9(15)3-10(6)16-13(20)17-11-5-21-4-7(11)12(18)19/h2-3,7,11H,4-5H2,1H3,(H,18,19)(H2,16,17,20). The number of carboxylic acid groups (broad SMARTS) is 1. The lowest BCUT2D eigenvalue weighted by molar-refractivity contribution is -0.142. The van der Waals surface area contributed by atoms with Crippen molar-refractivity contribution in [2.75, 3.05) is 18.5 Å². The average molecular weight is 361 g/mol. The van der Waals surface area contributed by atoms with Crippen molar-refractivity contribution in [1.82, 2.24) is 5.32 Å². The second kappa shape index (κ2) is 6.40. The van der Waals surface area contributed by atoms with E-state index in [1.165, 1.54) is 6.07 Å². The van der Waals surface area contributed by atoms with Crippen molar-refractivity contribution >= 4 is 33.6 Å². The molecule has 0 saturated carbocycles. The van der Waals surface area contributed by atoms with Gasteiger partial charge in [0.05, 0.1) is 23.7 Å². The summed E-state index contributed by atoms with van der Waals surface area (Å²) in [5, 5.41) is 14.0. The zero-order valence-electron chi connectivity index (χ0n) is 11.2. The fraction of sp³-hybridized carbons (Fsp3) is 0.385. The van der Waals surface area contributed by atoms with Crippen LogP contribution in [0.5, 0.6) is 0 Å². The zero-order chi connectivity index (χ0) is 15.6. The van der Waals surface area contributed by atoms with E-state index in [4.69, 9.17) is 9.84 Å². The first-order valence-corrected chi connectivity index (χ1v) is 7.01. The molecule has 1 aliphatic heterocycles. The minimum Gasteiger partial charge on any atom is -0.481 e. The number of amides is 2. The van der Waals surface area contributed by atoms with Crippen LogP contribution in [0.3, 0.4) is 0 Å². The average Bonchev–Trinajstić information content (AvgIpc) is 2.84. The van der Waals surface area contributed by atoms with Gasteiger partial charge in [-0.25, -0.2) is 9.18 Å². The van der Waals surface area contributed by atoms with Crippen molar-refractivity contribution in [2.45, 2.75) is 13.0 Å². The first-order chi connectivity index (χ1) is 9.88. The van der Waals surface area contributed by atoms with Gasteiger partial charge in [0.1, 0.15) is 11.7 Å². The maximum Gasteiger partial charge on any atom is 0.319 e. The fourth-order valence-electron chi connectivity index (χ4n) is 2.05. The van der Waals surface area contributed by atoms with Gasteiger partial charge in [-0.1, -0.05) is 0 Å². The third-order valence-corrected chi connectivity index (χ3v) is 3.84. The second-order valence-corrected chi connectivity index (χ2v) is 5.62. The number of aryl methyl sites for hydroxylation is 1. The Kier molecular flexibility index (Phi) is 4.79. The van der Waals surface area contributed by atoms with Crippen LogP contribution < -0.4 is 10.6 Å². The molecule has 2 rings (SSSR count). The Morgan fingerprint density at radius 1 is 1.43 bits per heavy atom. The minimum atomic E-state index is -1.02. The number of anilines is 1. The van der Waals surface area contributed by atoms with Crippen molar-refractivity contribution in [2.24, 2.45) is 5.92 Å². The summed E-state index contributed by atoms with van der Waals surface area (Å²) in [6.07, 6.45) is 0. The Hall–Kier alpha value is -1.67. The lowest BCUT2D eigenvalue weighted by Crippen LogP contribution is -2.44. The molecule has 114 valence electrons. The molecular formula is C13H14BrFN2O4. The summed E-state index contributed by atoms with van der Waals surface area (Å²) in [5.74, 6) is -2.30. The van der Waals surface area contributed by atoms with E-state index < -0.39 is 29.8 Å². The van der Waals surface area contributed by atoms with Gasteiger partial charge in [0.2, 0.25) is 0 Å². The predicted molar refractivity (Wildman–Crippen MR) is 76.7 cm³/mol. The van der Waals surface area contributed by atoms with E-state index in [1.54, 1.807) is 13.0 Å². The summed E-state index contributed by atoms with van der Waals surface area (Å²) in [5.41, 5.74) is 0.995. The number of urea groups is 1. The molecule has 21 heavy (non-hydrogen) atoms. The molecule has 1 aromatic carbocycles. The van der Waals surface area contributed by atoms with Crippen molar-refractivity contribution in [3.8, 4) is 0 Å². The van der Waals surface area contributed by atoms with Gasteiger partial charge in [-0.05, 0) is 40.5 Å². The number of hydrogen-bond donors (Lipinski definition) is 3. The summed E-state index contributed by atoms with van der Waals surface area (Å²) < 4.78 is 18.8. The SMILES string of the molecule is Cc1cc(Br)c(F)cc1NC(=O)NC1COCC1C(=O)O. The molecule has 0 bridgehead atoms. The first kappa shape index (κ1) is 15.7. The normalized spacial score (nSPS) is 21.1. The number of hydrogen-bond acceptors (Lipinski definition) is 3. The van der Waals surface area contributed by atoms with E-state index in [0.29, 0.717) is 15.7 Å². The second-order valence-electron chi connectivity index (χ2n) is 4.77. The summed E-state index contributed by atoms with van der Waals surface area (Å²) >= 11 is 3.06. The smallest absolute Gasteiger partial charge is 0.319 e. The quantitative estimate of drug-likeness (QED) is 0.770. The Balaban J connectivity index is 2.02. The number of nitrogens with one attached hydrogen (secondary N) is 2. The minimum absolute atomic E-state index is 0.0617. The van der Waals surface area contributed by atoms with Crippen LogP contribution >= 0.6 is 15.9 Å². The van der Waals surface area contributed by atoms with E-state index in [9.17, 15) is 14.0 Å². The number of ether oxygens (including phenoxy) is 1. The number of carbonyl (C=O) groups is 2. The molecule has 6 nitrogen and oxygen atoms in total. The zero-order valence-corrected chi connectivity index (χ0v) is 12.7. The van der Waals surface area contributed by atoms with Crippen molar-refractivity contribution in [3.63, 3.8) is 0 Å². The van der Waals surface area contributed by atoms with Gasteiger partial charge in [-0.2, -0.15) is 0 Å². The molecule has 1 heterocycles. The molecule has 1 aromatic rings. The number of carboxylic acids is 1. The van der Waals surface area contributed by atoms with E-state index >= 15 is 0 Å². The molecule has 8 heteroatoms. The molecule has 2 unspecified atom stereocenters. The summed E-state index contributed by atoms with van der Waals surface area (Å²) in [6.45, 7) is 1.92. The molecule has 1 fully saturated rings. The topological polar surface area (TPSA) is 87.7 Å². The van der Waals surface area contributed by atoms with Crippen molar-refractivity contribution in [1.29, 1.82) is 0 Å². The largest absolute Gasteiger partial charge is 0.481 e. The van der Waals surface area contributed by atoms with E-state index in [-0.39, 0.29) is 13.2 Å². The number of benzene rings is 1. The summed E-state index contributed by atoms with van der Waals surface area (Å²) in [7, 11) is 0. The Labute approximate surface area is 128 Å². The van der Waals surface area contributed by atoms with Gasteiger partial charge in [0, 0.05) is 5.69 Å². The maximum absolute atomic E-state index is 13.5. The molecule has 1 saturated heterocycles. The molecule has 0 aromatic heterocycles. The van der Waals surface area contributed by atoms with Crippen LogP contribution in [0.25, 0.3) is 0 Å². The van der Waals surface area contributed by atoms with Gasteiger partial charge in [-0.3, -0.25) is 4.79 Å². The molecule has 2 atom stereocenters. The molecule has 0 aliphatic carbocycles. The van der Waals surface area contributed by atoms with E-state index in [1.807, 2.05) is 0 Å². The van der Waals surface area contributed by atoms with Gasteiger partial charge < -0.3 is 20.5 Å². The molecule has 2 amide bonds. The van der Waals surface area contributed by atoms with E-state index in [0.717, 1.165) is 0 Å². The number of carbonyl (C=O) groups excluding carboxylic acids is 1. The third-order valence-electron chi connectivity index (χ3n) is 3.23. The van der Waals surface area contributed by atoms with Crippen LogP contribution in [-0.2, 0) is 9.53 Å². The molecule has 3 N–H and O–H groups in total. The summed E-state index contributed by atoms with van der Waals surface area (Å²) in [6, 6.07) is 1.53. The van der Waals surface area contributed by atoms with Crippen LogP contribution in [0, 0.1) is 18.7 Å². The van der Waals surface area contributed by atoms with Gasteiger partial charge >= 0.3 is 12.0 Å². The monoisotopic (exact) mass is 360 g/mol. The summed E-state index contributed by atoms with van der Waals surface area (Å²) in [4.78, 5) is 22.9. The fourth-order valence-corrected chi connectivity index (χ4v) is 2.51. The van der Waals surface area contributed by atoms with Crippen molar-refractivity contribution in [3.05, 3.63) is 28.0 Å². The lowest BCUT2D eigenvalue weighted by Gasteiger charge is -2.17. The molecule has 1 aliphatic rings. The van der Waals surface area contributed by atoms with Gasteiger partial charge in [0.25, 0.3) is 0 Å². The van der Waals surface area contributed by atoms with Crippen LogP contribution in [-0.4, -0.2) is 36.4 Å². The highest BCUT2D eigenvalue weighted by Crippen LogP contribution is 2.24. The highest BCUT2D eigenvalue weighted by Gasteiger charge is 2.35. The predicted octanol–water partition coefficient (Wildman–Crippen LogP) is 2.12. The third kappa shape index (κ3) is 3.70. The Morgan fingerprint density at radius 3 is 2.81 bits per heavy atom. The van der Waals surface area contributed by atoms with Gasteiger partial charge in [0.15, 0.2) is 0 Å². The first-order valence-electron chi connectivity index (χ1n) is 6.22. The van der Waals surface area contributed by atoms with Crippen LogP contribution in [0.1, 0.15) is 5.56 Å². The maximum atomic E-state index is 13.5. The highest BCUT2D eigenvalue weighted by molar-refractivity contribution is 9.10. The van der Waals surface area contributed by atoms with Crippen LogP contribution in [0.4, 0.5) is 14.9 Å². The lowest BCUT2D eigenvalue weighted by atomic mass is 10.0. The van der Waals surface area contributed by atoms with Crippen LogP contribution in [0.15, 0.2) is 16.6 Å². The molecule has 0 radical (unpaired) electrons. The molecular weight excluding hydrogens is 347 g/mol. The Morgan fingerprint density at radius 2 is 2.14 bits per heavy atom.